The molecule has 5 N–H and O–H groups in total. The van der Waals surface area contributed by atoms with E-state index in [9.17, 15) is 20.1 Å². The van der Waals surface area contributed by atoms with E-state index in [0.29, 0.717) is 57.7 Å². The van der Waals surface area contributed by atoms with Crippen molar-refractivity contribution < 1.29 is 40.1 Å². The number of hydrogen-bond acceptors (Lipinski definition) is 10. The smallest absolute Gasteiger partial charge is 0.305 e. The van der Waals surface area contributed by atoms with Crippen molar-refractivity contribution in [2.75, 3.05) is 32.8 Å². The number of benzene rings is 1. The summed E-state index contributed by atoms with van der Waals surface area (Å²) in [6.07, 6.45) is 13.3. The molecule has 0 radical (unpaired) electrons. The lowest BCUT2D eigenvalue weighted by molar-refractivity contribution is -0.492. The molecule has 1 heterocycles. The van der Waals surface area contributed by atoms with Crippen LogP contribution in [0.3, 0.4) is 0 Å². The molecule has 10 heteroatoms. The average molecular weight is 621 g/mol. The number of carbonyl (C=O) groups is 1. The summed E-state index contributed by atoms with van der Waals surface area (Å²) >= 11 is 0. The Hall–Kier alpha value is -1.89. The minimum atomic E-state index is -0.537. The molecule has 44 heavy (non-hydrogen) atoms. The van der Waals surface area contributed by atoms with Crippen molar-refractivity contribution in [3.8, 4) is 0 Å². The zero-order valence-electron chi connectivity index (χ0n) is 26.3. The largest absolute Gasteiger partial charge is 0.466 e. The molecule has 0 spiro atoms. The number of allylic oxidation sites excluding steroid dienone is 2. The van der Waals surface area contributed by atoms with Gasteiger partial charge >= 0.3 is 5.97 Å². The number of aliphatic hydroxyl groups excluding tert-OH is 3. The summed E-state index contributed by atoms with van der Waals surface area (Å²) in [5.41, 5.74) is 1.21. The number of unbranched alkanes of at least 4 members (excludes halogenated alkanes) is 1. The van der Waals surface area contributed by atoms with Crippen LogP contribution in [-0.2, 0) is 20.8 Å². The molecule has 5 atom stereocenters. The Kier molecular flexibility index (Phi) is 17.5. The summed E-state index contributed by atoms with van der Waals surface area (Å²) in [5, 5.41) is 48.4. The number of likely N-dealkylation sites (tertiary alicyclic amines) is 1. The molecule has 0 bridgehead atoms. The number of esters is 1. The van der Waals surface area contributed by atoms with Gasteiger partial charge in [0.1, 0.15) is 0 Å². The van der Waals surface area contributed by atoms with Crippen LogP contribution in [0.2, 0.25) is 0 Å². The van der Waals surface area contributed by atoms with Gasteiger partial charge in [0.2, 0.25) is 0 Å². The fourth-order valence-corrected chi connectivity index (χ4v) is 6.71. The van der Waals surface area contributed by atoms with Crippen LogP contribution < -0.4 is 0 Å². The van der Waals surface area contributed by atoms with Crippen LogP contribution in [0.4, 0.5) is 0 Å². The Morgan fingerprint density at radius 3 is 2.45 bits per heavy atom. The average Bonchev–Trinajstić information content (AvgIpc) is 3.29. The van der Waals surface area contributed by atoms with Gasteiger partial charge in [-0.25, -0.2) is 0 Å². The van der Waals surface area contributed by atoms with Crippen LogP contribution in [0.1, 0.15) is 89.0 Å². The van der Waals surface area contributed by atoms with Gasteiger partial charge in [0, 0.05) is 13.0 Å². The highest BCUT2D eigenvalue weighted by atomic mass is 17.1. The first kappa shape index (κ1) is 36.6. The number of piperidine rings is 1. The fraction of sp³-hybridized carbons (Fsp3) is 0.735. The van der Waals surface area contributed by atoms with Gasteiger partial charge in [-0.05, 0) is 120 Å². The number of nitrogens with zero attached hydrogens (tertiary/aromatic N) is 2. The van der Waals surface area contributed by atoms with Crippen molar-refractivity contribution in [3.63, 3.8) is 0 Å². The summed E-state index contributed by atoms with van der Waals surface area (Å²) in [6.45, 7) is 3.73. The van der Waals surface area contributed by atoms with Crippen molar-refractivity contribution in [2.24, 2.45) is 17.8 Å². The molecular formula is C34H56N2O8. The Labute approximate surface area is 263 Å². The second-order valence-electron chi connectivity index (χ2n) is 12.6. The van der Waals surface area contributed by atoms with Gasteiger partial charge in [0.25, 0.3) is 0 Å². The SMILES string of the molecule is O=C(CCC/C=C\C[C@@H]1[C@@H](CC[C@@H](O)CCc2ccccc2)[C@H](O)C[C@@H]1O)OCCCN1CCC(CCCON(O)O)CC1. The van der Waals surface area contributed by atoms with E-state index in [1.165, 1.54) is 5.56 Å². The van der Waals surface area contributed by atoms with Gasteiger partial charge < -0.3 is 25.0 Å². The van der Waals surface area contributed by atoms with Gasteiger partial charge in [-0.15, -0.1) is 0 Å². The van der Waals surface area contributed by atoms with Crippen molar-refractivity contribution in [1.82, 2.24) is 10.3 Å². The molecule has 250 valence electrons. The molecule has 1 aromatic carbocycles. The summed E-state index contributed by atoms with van der Waals surface area (Å²) in [6, 6.07) is 10.1. The minimum Gasteiger partial charge on any atom is -0.466 e. The third-order valence-electron chi connectivity index (χ3n) is 9.34. The number of rotatable bonds is 21. The Morgan fingerprint density at radius 1 is 0.955 bits per heavy atom. The van der Waals surface area contributed by atoms with Crippen LogP contribution in [0, 0.1) is 17.8 Å². The summed E-state index contributed by atoms with van der Waals surface area (Å²) in [5.74, 6) is 0.439. The Morgan fingerprint density at radius 2 is 1.70 bits per heavy atom. The number of ether oxygens (including phenoxy) is 1. The van der Waals surface area contributed by atoms with Crippen molar-refractivity contribution in [2.45, 2.75) is 108 Å². The maximum absolute atomic E-state index is 12.1. The lowest BCUT2D eigenvalue weighted by atomic mass is 9.85. The molecule has 10 nitrogen and oxygen atoms in total. The number of hydrogen-bond donors (Lipinski definition) is 5. The summed E-state index contributed by atoms with van der Waals surface area (Å²) < 4.78 is 5.43. The number of carbonyl (C=O) groups excluding carboxylic acids is 1. The van der Waals surface area contributed by atoms with Crippen molar-refractivity contribution in [1.29, 1.82) is 0 Å². The number of aliphatic hydroxyl groups is 3. The third kappa shape index (κ3) is 14.5. The van der Waals surface area contributed by atoms with E-state index in [0.717, 1.165) is 71.0 Å². The normalized spacial score (nSPS) is 24.0. The van der Waals surface area contributed by atoms with Crippen LogP contribution in [0.15, 0.2) is 42.5 Å². The minimum absolute atomic E-state index is 0.0156. The van der Waals surface area contributed by atoms with E-state index in [4.69, 9.17) is 15.2 Å². The van der Waals surface area contributed by atoms with E-state index in [2.05, 4.69) is 34.0 Å². The molecular weight excluding hydrogens is 564 g/mol. The van der Waals surface area contributed by atoms with E-state index >= 15 is 0 Å². The van der Waals surface area contributed by atoms with Gasteiger partial charge in [-0.2, -0.15) is 0 Å². The van der Waals surface area contributed by atoms with Crippen LogP contribution in [-0.4, -0.2) is 93.2 Å². The highest BCUT2D eigenvalue weighted by Crippen LogP contribution is 2.38. The quantitative estimate of drug-likeness (QED) is 0.0569. The monoisotopic (exact) mass is 620 g/mol. The fourth-order valence-electron chi connectivity index (χ4n) is 6.71. The first-order valence-electron chi connectivity index (χ1n) is 16.7. The third-order valence-corrected chi connectivity index (χ3v) is 9.34. The molecule has 1 saturated carbocycles. The molecule has 0 unspecified atom stereocenters. The molecule has 3 rings (SSSR count). The zero-order valence-corrected chi connectivity index (χ0v) is 26.3. The highest BCUT2D eigenvalue weighted by molar-refractivity contribution is 5.69. The van der Waals surface area contributed by atoms with Crippen LogP contribution in [0.5, 0.6) is 0 Å². The molecule has 1 aromatic rings. The van der Waals surface area contributed by atoms with Gasteiger partial charge in [0.05, 0.1) is 36.9 Å². The maximum Gasteiger partial charge on any atom is 0.305 e. The molecule has 1 aliphatic carbocycles. The van der Waals surface area contributed by atoms with E-state index in [1.807, 2.05) is 18.2 Å². The molecule has 1 aliphatic heterocycles. The zero-order chi connectivity index (χ0) is 31.6. The summed E-state index contributed by atoms with van der Waals surface area (Å²) in [4.78, 5) is 19.2. The van der Waals surface area contributed by atoms with Gasteiger partial charge in [0.15, 0.2) is 0 Å². The lowest BCUT2D eigenvalue weighted by Crippen LogP contribution is -2.35. The molecule has 2 aliphatic rings. The lowest BCUT2D eigenvalue weighted by Gasteiger charge is -2.31. The molecule has 2 fully saturated rings. The van der Waals surface area contributed by atoms with Gasteiger partial charge in [-0.3, -0.25) is 20.0 Å². The Balaban J connectivity index is 1.20. The van der Waals surface area contributed by atoms with Gasteiger partial charge in [-0.1, -0.05) is 42.5 Å². The van der Waals surface area contributed by atoms with E-state index in [1.54, 1.807) is 0 Å². The topological polar surface area (TPSA) is 143 Å². The molecule has 0 amide bonds. The van der Waals surface area contributed by atoms with E-state index in [-0.39, 0.29) is 23.2 Å². The predicted octanol–water partition coefficient (Wildman–Crippen LogP) is 4.67. The maximum atomic E-state index is 12.1. The molecule has 1 saturated heterocycles. The van der Waals surface area contributed by atoms with Crippen LogP contribution >= 0.6 is 0 Å². The highest BCUT2D eigenvalue weighted by Gasteiger charge is 2.40. The predicted molar refractivity (Wildman–Crippen MR) is 167 cm³/mol. The standard InChI is InChI=1S/C34H56N2O8/c37-29(16-15-27-10-4-3-5-11-27)17-18-31-30(32(38)26-33(31)39)13-6-1-2-7-14-34(40)43-24-9-21-35-22-19-28(20-23-35)12-8-25-44-36(41)42/h1,3-6,10-11,28-33,37-39,41-42H,2,7-9,12-26H2/b6-1-/t29-,30+,31+,32-,33+/m0/s1. The first-order valence-corrected chi connectivity index (χ1v) is 16.7. The van der Waals surface area contributed by atoms with Crippen molar-refractivity contribution >= 4 is 5.97 Å². The second kappa shape index (κ2) is 21.0. The number of aryl methyl sites for hydroxylation is 1. The Bertz CT molecular complexity index is 925. The summed E-state index contributed by atoms with van der Waals surface area (Å²) in [7, 11) is 0. The van der Waals surface area contributed by atoms with Crippen LogP contribution in [0.25, 0.3) is 0 Å². The first-order chi connectivity index (χ1) is 21.3. The van der Waals surface area contributed by atoms with Crippen molar-refractivity contribution in [3.05, 3.63) is 48.0 Å². The second-order valence-corrected chi connectivity index (χ2v) is 12.6. The van der Waals surface area contributed by atoms with E-state index < -0.39 is 18.3 Å². The molecule has 0 aromatic heterocycles.